The summed E-state index contributed by atoms with van der Waals surface area (Å²) in [5, 5.41) is 1.74. The molecule has 1 unspecified atom stereocenters. The van der Waals surface area contributed by atoms with E-state index in [1.165, 1.54) is 4.70 Å². The summed E-state index contributed by atoms with van der Waals surface area (Å²) in [4.78, 5) is 21.7. The predicted molar refractivity (Wildman–Crippen MR) is 107 cm³/mol. The van der Waals surface area contributed by atoms with Crippen LogP contribution in [-0.4, -0.2) is 46.9 Å². The summed E-state index contributed by atoms with van der Waals surface area (Å²) in [6.07, 6.45) is 0. The Morgan fingerprint density at radius 1 is 1.12 bits per heavy atom. The molecule has 0 radical (unpaired) electrons. The van der Waals surface area contributed by atoms with Gasteiger partial charge in [-0.1, -0.05) is 29.8 Å². The lowest BCUT2D eigenvalue weighted by molar-refractivity contribution is 0.0582. The Kier molecular flexibility index (Phi) is 4.94. The van der Waals surface area contributed by atoms with Gasteiger partial charge >= 0.3 is 0 Å². The van der Waals surface area contributed by atoms with Gasteiger partial charge in [0.2, 0.25) is 0 Å². The van der Waals surface area contributed by atoms with Crippen molar-refractivity contribution in [2.75, 3.05) is 26.2 Å². The molecule has 0 spiro atoms. The van der Waals surface area contributed by atoms with Crippen molar-refractivity contribution in [1.29, 1.82) is 0 Å². The maximum atomic E-state index is 12.7. The van der Waals surface area contributed by atoms with E-state index >= 15 is 0 Å². The first-order chi connectivity index (χ1) is 12.6. The summed E-state index contributed by atoms with van der Waals surface area (Å²) >= 11 is 7.77. The number of benzene rings is 2. The molecule has 3 aromatic rings. The van der Waals surface area contributed by atoms with Crippen LogP contribution in [0, 0.1) is 0 Å². The van der Waals surface area contributed by atoms with E-state index < -0.39 is 0 Å². The van der Waals surface area contributed by atoms with Crippen LogP contribution in [0.1, 0.15) is 28.3 Å². The van der Waals surface area contributed by atoms with E-state index in [9.17, 15) is 4.79 Å². The summed E-state index contributed by atoms with van der Waals surface area (Å²) in [5.41, 5.74) is 1.72. The molecular formula is C20H20ClN3OS. The van der Waals surface area contributed by atoms with Crippen molar-refractivity contribution in [2.45, 2.75) is 13.0 Å². The maximum Gasteiger partial charge on any atom is 0.253 e. The van der Waals surface area contributed by atoms with Crippen LogP contribution < -0.4 is 0 Å². The highest BCUT2D eigenvalue weighted by atomic mass is 35.5. The molecule has 134 valence electrons. The monoisotopic (exact) mass is 385 g/mol. The van der Waals surface area contributed by atoms with Crippen LogP contribution in [-0.2, 0) is 0 Å². The van der Waals surface area contributed by atoms with Crippen molar-refractivity contribution in [2.24, 2.45) is 0 Å². The number of aromatic nitrogens is 1. The molecule has 26 heavy (non-hydrogen) atoms. The van der Waals surface area contributed by atoms with Crippen LogP contribution in [0.4, 0.5) is 0 Å². The van der Waals surface area contributed by atoms with Gasteiger partial charge in [-0.25, -0.2) is 4.98 Å². The maximum absolute atomic E-state index is 12.7. The highest BCUT2D eigenvalue weighted by molar-refractivity contribution is 7.18. The standard InChI is InChI=1S/C20H20ClN3OS/c1-14(19-22-17-7-2-3-8-18(17)26-19)23-9-11-24(12-10-23)20(25)15-5-4-6-16(21)13-15/h2-8,13-14H,9-12H2,1H3. The third-order valence-corrected chi connectivity index (χ3v) is 6.33. The number of rotatable bonds is 3. The summed E-state index contributed by atoms with van der Waals surface area (Å²) in [7, 11) is 0. The highest BCUT2D eigenvalue weighted by Gasteiger charge is 2.26. The first-order valence-electron chi connectivity index (χ1n) is 8.76. The fourth-order valence-corrected chi connectivity index (χ4v) is 4.59. The summed E-state index contributed by atoms with van der Waals surface area (Å²) in [6.45, 7) is 5.35. The number of nitrogens with zero attached hydrogens (tertiary/aromatic N) is 3. The number of hydrogen-bond acceptors (Lipinski definition) is 4. The van der Waals surface area contributed by atoms with Gasteiger partial charge in [0.25, 0.3) is 5.91 Å². The average molecular weight is 386 g/mol. The average Bonchev–Trinajstić information content (AvgIpc) is 3.11. The lowest BCUT2D eigenvalue weighted by atomic mass is 10.1. The van der Waals surface area contributed by atoms with Crippen molar-refractivity contribution in [3.8, 4) is 0 Å². The minimum Gasteiger partial charge on any atom is -0.336 e. The van der Waals surface area contributed by atoms with Crippen LogP contribution in [0.2, 0.25) is 5.02 Å². The molecule has 1 saturated heterocycles. The van der Waals surface area contributed by atoms with Crippen LogP contribution in [0.5, 0.6) is 0 Å². The summed E-state index contributed by atoms with van der Waals surface area (Å²) < 4.78 is 1.23. The van der Waals surface area contributed by atoms with Gasteiger partial charge < -0.3 is 4.90 Å². The van der Waals surface area contributed by atoms with Crippen molar-refractivity contribution < 1.29 is 4.79 Å². The lowest BCUT2D eigenvalue weighted by Crippen LogP contribution is -2.49. The molecule has 1 fully saturated rings. The van der Waals surface area contributed by atoms with Gasteiger partial charge in [-0.3, -0.25) is 9.69 Å². The Balaban J connectivity index is 1.42. The van der Waals surface area contributed by atoms with E-state index in [0.717, 1.165) is 36.7 Å². The third-order valence-electron chi connectivity index (χ3n) is 4.89. The molecule has 1 aromatic heterocycles. The summed E-state index contributed by atoms with van der Waals surface area (Å²) in [6, 6.07) is 15.7. The summed E-state index contributed by atoms with van der Waals surface area (Å²) in [5.74, 6) is 0.0554. The number of halogens is 1. The van der Waals surface area contributed by atoms with E-state index in [-0.39, 0.29) is 11.9 Å². The minimum atomic E-state index is 0.0554. The normalized spacial score (nSPS) is 16.8. The number of carbonyl (C=O) groups excluding carboxylic acids is 1. The van der Waals surface area contributed by atoms with Crippen molar-refractivity contribution in [3.63, 3.8) is 0 Å². The Morgan fingerprint density at radius 3 is 2.62 bits per heavy atom. The van der Waals surface area contributed by atoms with Gasteiger partial charge in [-0.15, -0.1) is 11.3 Å². The molecule has 2 heterocycles. The van der Waals surface area contributed by atoms with E-state index in [2.05, 4.69) is 30.0 Å². The molecule has 0 N–H and O–H groups in total. The Hall–Kier alpha value is -1.95. The fourth-order valence-electron chi connectivity index (χ4n) is 3.34. The molecule has 1 atom stereocenters. The van der Waals surface area contributed by atoms with Crippen LogP contribution >= 0.6 is 22.9 Å². The van der Waals surface area contributed by atoms with E-state index in [1.807, 2.05) is 23.1 Å². The number of para-hydroxylation sites is 1. The quantitative estimate of drug-likeness (QED) is 0.667. The molecule has 4 rings (SSSR count). The molecule has 1 aliphatic heterocycles. The molecule has 6 heteroatoms. The zero-order valence-corrected chi connectivity index (χ0v) is 16.1. The van der Waals surface area contributed by atoms with Gasteiger partial charge in [-0.05, 0) is 37.3 Å². The van der Waals surface area contributed by atoms with Gasteiger partial charge in [0, 0.05) is 36.8 Å². The molecule has 1 amide bonds. The first kappa shape index (κ1) is 17.5. The Morgan fingerprint density at radius 2 is 1.88 bits per heavy atom. The van der Waals surface area contributed by atoms with Gasteiger partial charge in [0.05, 0.1) is 16.3 Å². The fraction of sp³-hybridized carbons (Fsp3) is 0.300. The molecule has 2 aromatic carbocycles. The molecule has 4 nitrogen and oxygen atoms in total. The van der Waals surface area contributed by atoms with Gasteiger partial charge in [0.15, 0.2) is 0 Å². The molecule has 0 saturated carbocycles. The molecule has 0 aliphatic carbocycles. The Bertz CT molecular complexity index is 900. The third kappa shape index (κ3) is 3.47. The zero-order valence-electron chi connectivity index (χ0n) is 14.6. The van der Waals surface area contributed by atoms with Crippen LogP contribution in [0.15, 0.2) is 48.5 Å². The second-order valence-electron chi connectivity index (χ2n) is 6.53. The molecule has 0 bridgehead atoms. The second-order valence-corrected chi connectivity index (χ2v) is 8.03. The van der Waals surface area contributed by atoms with E-state index in [1.54, 1.807) is 23.5 Å². The van der Waals surface area contributed by atoms with Crippen molar-refractivity contribution >= 4 is 39.1 Å². The SMILES string of the molecule is CC(c1nc2ccccc2s1)N1CCN(C(=O)c2cccc(Cl)c2)CC1. The first-order valence-corrected chi connectivity index (χ1v) is 9.95. The lowest BCUT2D eigenvalue weighted by Gasteiger charge is -2.37. The smallest absolute Gasteiger partial charge is 0.253 e. The highest BCUT2D eigenvalue weighted by Crippen LogP contribution is 2.30. The number of fused-ring (bicyclic) bond motifs is 1. The molecule has 1 aliphatic rings. The van der Waals surface area contributed by atoms with Crippen LogP contribution in [0.25, 0.3) is 10.2 Å². The second kappa shape index (κ2) is 7.35. The van der Waals surface area contributed by atoms with Gasteiger partial charge in [-0.2, -0.15) is 0 Å². The number of amides is 1. The van der Waals surface area contributed by atoms with Crippen LogP contribution in [0.3, 0.4) is 0 Å². The zero-order chi connectivity index (χ0) is 18.1. The largest absolute Gasteiger partial charge is 0.336 e. The number of thiazole rings is 1. The van der Waals surface area contributed by atoms with E-state index in [4.69, 9.17) is 16.6 Å². The topological polar surface area (TPSA) is 36.4 Å². The molecular weight excluding hydrogens is 366 g/mol. The minimum absolute atomic E-state index is 0.0554. The predicted octanol–water partition coefficient (Wildman–Crippen LogP) is 4.47. The van der Waals surface area contributed by atoms with Crippen molar-refractivity contribution in [1.82, 2.24) is 14.8 Å². The number of piperazine rings is 1. The van der Waals surface area contributed by atoms with E-state index in [0.29, 0.717) is 10.6 Å². The number of hydrogen-bond donors (Lipinski definition) is 0. The number of carbonyl (C=O) groups is 1. The van der Waals surface area contributed by atoms with Crippen molar-refractivity contribution in [3.05, 3.63) is 64.1 Å². The van der Waals surface area contributed by atoms with Gasteiger partial charge in [0.1, 0.15) is 5.01 Å². The Labute approximate surface area is 162 Å².